The normalized spacial score (nSPS) is 11.8. The van der Waals surface area contributed by atoms with E-state index in [2.05, 4.69) is 202 Å². The molecule has 6 aromatic heterocycles. The van der Waals surface area contributed by atoms with Gasteiger partial charge in [0.1, 0.15) is 0 Å². The Bertz CT molecular complexity index is 3120. The molecule has 0 spiro atoms. The molecule has 6 heterocycles. The van der Waals surface area contributed by atoms with Crippen LogP contribution in [0.2, 0.25) is 0 Å². The van der Waals surface area contributed by atoms with Crippen LogP contribution in [-0.4, -0.2) is 9.13 Å². The van der Waals surface area contributed by atoms with Gasteiger partial charge in [0.25, 0.3) is 0 Å². The van der Waals surface area contributed by atoms with Gasteiger partial charge in [0.2, 0.25) is 0 Å². The molecule has 12 aromatic rings. The van der Waals surface area contributed by atoms with Crippen molar-refractivity contribution in [2.24, 2.45) is 0 Å². The summed E-state index contributed by atoms with van der Waals surface area (Å²) in [4.78, 5) is 5.16. The van der Waals surface area contributed by atoms with E-state index in [-0.39, 0.29) is 0 Å². The Hall–Kier alpha value is -6.28. The molecule has 0 saturated heterocycles. The molecule has 0 saturated carbocycles. The Morgan fingerprint density at radius 3 is 0.867 bits per heavy atom. The van der Waals surface area contributed by atoms with E-state index in [1.807, 2.05) is 0 Å². The van der Waals surface area contributed by atoms with Gasteiger partial charge < -0.3 is 9.13 Å². The largest absolute Gasteiger partial charge is 0.309 e. The highest BCUT2D eigenvalue weighted by atomic mass is 32.1. The van der Waals surface area contributed by atoms with Crippen LogP contribution in [-0.2, 0) is 0 Å². The highest BCUT2D eigenvalue weighted by Crippen LogP contribution is 2.42. The van der Waals surface area contributed by atoms with Crippen LogP contribution >= 0.6 is 45.3 Å². The second kappa shape index (κ2) is 14.2. The van der Waals surface area contributed by atoms with Gasteiger partial charge in [-0.1, -0.05) is 60.7 Å². The SMILES string of the molecule is Cc1cc(-n2c3ccc(-c4cccs4)cc3c3cc(-c4cccs4)ccc32)ccc1-c1ccc(-n2c3ccc(-c4cccs4)cc3c3cc(-c4cccs4)ccc32)cc1C. The summed E-state index contributed by atoms with van der Waals surface area (Å²) in [5, 5.41) is 13.7. The summed E-state index contributed by atoms with van der Waals surface area (Å²) in [5.74, 6) is 0. The monoisotopic (exact) mass is 840 g/mol. The molecule has 0 radical (unpaired) electrons. The first-order valence-electron chi connectivity index (χ1n) is 20.1. The third-order valence-electron chi connectivity index (χ3n) is 12.0. The Kier molecular flexibility index (Phi) is 8.43. The zero-order chi connectivity index (χ0) is 39.9. The molecule has 286 valence electrons. The zero-order valence-electron chi connectivity index (χ0n) is 32.8. The summed E-state index contributed by atoms with van der Waals surface area (Å²) in [7, 11) is 0. The van der Waals surface area contributed by atoms with Crippen molar-refractivity contribution in [1.29, 1.82) is 0 Å². The van der Waals surface area contributed by atoms with Gasteiger partial charge in [0.15, 0.2) is 0 Å². The van der Waals surface area contributed by atoms with Crippen molar-refractivity contribution in [2.45, 2.75) is 13.8 Å². The van der Waals surface area contributed by atoms with Gasteiger partial charge in [0.05, 0.1) is 22.1 Å². The second-order valence-electron chi connectivity index (χ2n) is 15.5. The van der Waals surface area contributed by atoms with Gasteiger partial charge in [-0.2, -0.15) is 0 Å². The highest BCUT2D eigenvalue weighted by molar-refractivity contribution is 7.14. The number of fused-ring (bicyclic) bond motifs is 6. The lowest BCUT2D eigenvalue weighted by atomic mass is 9.95. The highest BCUT2D eigenvalue weighted by Gasteiger charge is 2.19. The predicted octanol–water partition coefficient (Wildman–Crippen LogP) is 17.1. The third-order valence-corrected chi connectivity index (χ3v) is 15.7. The molecule has 0 N–H and O–H groups in total. The van der Waals surface area contributed by atoms with Crippen molar-refractivity contribution >= 4 is 89.0 Å². The first-order valence-corrected chi connectivity index (χ1v) is 23.6. The number of aromatic nitrogens is 2. The lowest BCUT2D eigenvalue weighted by Crippen LogP contribution is -1.98. The Balaban J connectivity index is 0.961. The summed E-state index contributed by atoms with van der Waals surface area (Å²) in [6.07, 6.45) is 0. The number of nitrogens with zero attached hydrogens (tertiary/aromatic N) is 2. The van der Waals surface area contributed by atoms with E-state index in [0.717, 1.165) is 0 Å². The maximum absolute atomic E-state index is 2.45. The Morgan fingerprint density at radius 1 is 0.317 bits per heavy atom. The number of thiophene rings is 4. The quantitative estimate of drug-likeness (QED) is 0.151. The number of aryl methyl sites for hydroxylation is 2. The summed E-state index contributed by atoms with van der Waals surface area (Å²) in [5.41, 5.74) is 17.3. The van der Waals surface area contributed by atoms with Crippen LogP contribution in [0.4, 0.5) is 0 Å². The number of benzene rings is 6. The van der Waals surface area contributed by atoms with Crippen LogP contribution in [0.5, 0.6) is 0 Å². The molecule has 0 amide bonds. The van der Waals surface area contributed by atoms with Crippen molar-refractivity contribution < 1.29 is 0 Å². The molecule has 0 aliphatic rings. The minimum absolute atomic E-state index is 1.17. The van der Waals surface area contributed by atoms with Gasteiger partial charge in [-0.3, -0.25) is 0 Å². The summed E-state index contributed by atoms with van der Waals surface area (Å²) in [6.45, 7) is 4.51. The molecule has 0 aliphatic heterocycles. The molecular formula is C54H36N2S4. The smallest absolute Gasteiger partial charge is 0.0541 e. The van der Waals surface area contributed by atoms with Crippen LogP contribution in [0.25, 0.3) is 108 Å². The van der Waals surface area contributed by atoms with Gasteiger partial charge >= 0.3 is 0 Å². The van der Waals surface area contributed by atoms with E-state index in [9.17, 15) is 0 Å². The third kappa shape index (κ3) is 5.78. The van der Waals surface area contributed by atoms with Crippen molar-refractivity contribution in [1.82, 2.24) is 9.13 Å². The van der Waals surface area contributed by atoms with Crippen LogP contribution in [0, 0.1) is 13.8 Å². The lowest BCUT2D eigenvalue weighted by Gasteiger charge is -2.16. The average Bonchev–Trinajstić information content (AvgIpc) is 4.14. The van der Waals surface area contributed by atoms with Gasteiger partial charge in [-0.05, 0) is 177 Å². The minimum Gasteiger partial charge on any atom is -0.309 e. The van der Waals surface area contributed by atoms with Crippen molar-refractivity contribution in [3.05, 3.63) is 190 Å². The van der Waals surface area contributed by atoms with E-state index >= 15 is 0 Å². The fourth-order valence-corrected chi connectivity index (χ4v) is 12.1. The van der Waals surface area contributed by atoms with E-state index < -0.39 is 0 Å². The fourth-order valence-electron chi connectivity index (χ4n) is 9.17. The molecule has 60 heavy (non-hydrogen) atoms. The fraction of sp³-hybridized carbons (Fsp3) is 0.0370. The van der Waals surface area contributed by atoms with E-state index in [1.54, 1.807) is 45.3 Å². The van der Waals surface area contributed by atoms with Crippen molar-refractivity contribution in [3.63, 3.8) is 0 Å². The second-order valence-corrected chi connectivity index (χ2v) is 19.3. The summed E-state index contributed by atoms with van der Waals surface area (Å²) < 4.78 is 4.90. The Morgan fingerprint density at radius 2 is 0.617 bits per heavy atom. The van der Waals surface area contributed by atoms with Crippen LogP contribution in [0.3, 0.4) is 0 Å². The first kappa shape index (κ1) is 35.6. The Labute approximate surface area is 364 Å². The molecular weight excluding hydrogens is 805 g/mol. The standard InChI is InChI=1S/C54H36N2S4/c1-33-27-39(55-47-19-11-35(51-7-3-23-57-51)29-43(47)44-30-36(12-20-48(44)55)52-8-4-24-58-52)15-17-41(33)42-18-16-40(28-34(42)2)56-49-21-13-37(53-9-5-25-59-53)31-45(49)46-32-38(14-22-50(46)56)54-10-6-26-60-54/h3-32H,1-2H3. The van der Waals surface area contributed by atoms with E-state index in [4.69, 9.17) is 0 Å². The molecule has 6 aromatic carbocycles. The molecule has 2 nitrogen and oxygen atoms in total. The van der Waals surface area contributed by atoms with Crippen molar-refractivity contribution in [2.75, 3.05) is 0 Å². The van der Waals surface area contributed by atoms with Gasteiger partial charge in [-0.25, -0.2) is 0 Å². The summed E-state index contributed by atoms with van der Waals surface area (Å²) >= 11 is 7.17. The molecule has 6 heteroatoms. The zero-order valence-corrected chi connectivity index (χ0v) is 36.1. The van der Waals surface area contributed by atoms with Gasteiger partial charge in [0, 0.05) is 52.4 Å². The number of hydrogen-bond acceptors (Lipinski definition) is 4. The molecule has 0 unspecified atom stereocenters. The molecule has 0 aliphatic carbocycles. The van der Waals surface area contributed by atoms with Crippen molar-refractivity contribution in [3.8, 4) is 64.3 Å². The topological polar surface area (TPSA) is 9.86 Å². The first-order chi connectivity index (χ1) is 29.6. The van der Waals surface area contributed by atoms with Crippen LogP contribution in [0.1, 0.15) is 11.1 Å². The maximum atomic E-state index is 2.45. The van der Waals surface area contributed by atoms with E-state index in [1.165, 1.54) is 119 Å². The van der Waals surface area contributed by atoms with Gasteiger partial charge in [-0.15, -0.1) is 45.3 Å². The molecule has 0 fully saturated rings. The average molecular weight is 841 g/mol. The number of hydrogen-bond donors (Lipinski definition) is 0. The van der Waals surface area contributed by atoms with Crippen LogP contribution in [0.15, 0.2) is 179 Å². The predicted molar refractivity (Wildman–Crippen MR) is 263 cm³/mol. The van der Waals surface area contributed by atoms with Crippen LogP contribution < -0.4 is 0 Å². The maximum Gasteiger partial charge on any atom is 0.0541 e. The molecule has 0 bridgehead atoms. The molecule has 0 atom stereocenters. The molecule has 12 rings (SSSR count). The summed E-state index contributed by atoms with van der Waals surface area (Å²) in [6, 6.07) is 59.2. The van der Waals surface area contributed by atoms with E-state index in [0.29, 0.717) is 0 Å². The lowest BCUT2D eigenvalue weighted by molar-refractivity contribution is 1.16. The number of rotatable bonds is 7. The minimum atomic E-state index is 1.17.